The van der Waals surface area contributed by atoms with Crippen LogP contribution in [0, 0.1) is 6.92 Å². The number of methoxy groups -OCH3 is 1. The molecule has 3 aromatic rings. The molecule has 0 aliphatic carbocycles. The Morgan fingerprint density at radius 1 is 1.17 bits per heavy atom. The number of rotatable bonds is 4. The maximum absolute atomic E-state index is 13.6. The normalized spacial score (nSPS) is 16.4. The first-order valence-electron chi connectivity index (χ1n) is 9.54. The molecule has 1 aromatic carbocycles. The third-order valence-corrected chi connectivity index (χ3v) is 5.45. The van der Waals surface area contributed by atoms with Crippen LogP contribution in [0.5, 0.6) is 5.75 Å². The number of nitrogens with zero attached hydrogens (tertiary/aromatic N) is 3. The summed E-state index contributed by atoms with van der Waals surface area (Å²) in [4.78, 5) is 6.40. The lowest BCUT2D eigenvalue weighted by Gasteiger charge is -2.31. The van der Waals surface area contributed by atoms with Crippen LogP contribution in [0.15, 0.2) is 34.9 Å². The molecule has 0 saturated carbocycles. The number of ether oxygens (including phenoxy) is 1. The van der Waals surface area contributed by atoms with E-state index < -0.39 is 11.7 Å². The Morgan fingerprint density at radius 3 is 2.48 bits per heavy atom. The molecule has 1 fully saturated rings. The molecule has 0 bridgehead atoms. The summed E-state index contributed by atoms with van der Waals surface area (Å²) in [5.41, 5.74) is 1.07. The lowest BCUT2D eigenvalue weighted by molar-refractivity contribution is -0.136. The Bertz CT molecular complexity index is 991. The van der Waals surface area contributed by atoms with E-state index in [0.29, 0.717) is 5.69 Å². The van der Waals surface area contributed by atoms with Crippen molar-refractivity contribution in [2.24, 2.45) is 0 Å². The zero-order valence-corrected chi connectivity index (χ0v) is 16.3. The summed E-state index contributed by atoms with van der Waals surface area (Å²) in [5.74, 6) is 0.739. The Kier molecular flexibility index (Phi) is 5.21. The molecule has 0 unspecified atom stereocenters. The van der Waals surface area contributed by atoms with Crippen LogP contribution in [0.4, 0.5) is 13.2 Å². The van der Waals surface area contributed by atoms with Crippen LogP contribution in [0.25, 0.3) is 11.1 Å². The van der Waals surface area contributed by atoms with Crippen molar-refractivity contribution in [3.8, 4) is 5.75 Å². The molecular weight excluding hydrogens is 383 g/mol. The number of benzene rings is 1. The van der Waals surface area contributed by atoms with Gasteiger partial charge in [0.1, 0.15) is 5.75 Å². The zero-order chi connectivity index (χ0) is 20.6. The summed E-state index contributed by atoms with van der Waals surface area (Å²) >= 11 is 0. The van der Waals surface area contributed by atoms with Gasteiger partial charge in [0, 0.05) is 18.2 Å². The van der Waals surface area contributed by atoms with E-state index in [1.54, 1.807) is 7.11 Å². The molecule has 0 atom stereocenters. The monoisotopic (exact) mass is 405 g/mol. The van der Waals surface area contributed by atoms with Crippen molar-refractivity contribution in [3.63, 3.8) is 0 Å². The van der Waals surface area contributed by atoms with Crippen molar-refractivity contribution < 1.29 is 22.4 Å². The van der Waals surface area contributed by atoms with Crippen molar-refractivity contribution in [1.82, 2.24) is 15.0 Å². The fourth-order valence-corrected chi connectivity index (χ4v) is 3.95. The van der Waals surface area contributed by atoms with E-state index in [0.717, 1.165) is 44.3 Å². The molecule has 1 aliphatic heterocycles. The topological polar surface area (TPSA) is 51.4 Å². The molecule has 5 nitrogen and oxygen atoms in total. The molecule has 29 heavy (non-hydrogen) atoms. The van der Waals surface area contributed by atoms with Crippen LogP contribution in [-0.2, 0) is 12.7 Å². The number of fused-ring (bicyclic) bond motifs is 1. The van der Waals surface area contributed by atoms with Gasteiger partial charge in [0.25, 0.3) is 5.71 Å². The van der Waals surface area contributed by atoms with Crippen molar-refractivity contribution in [2.75, 3.05) is 20.2 Å². The van der Waals surface area contributed by atoms with Gasteiger partial charge in [-0.25, -0.2) is 4.98 Å². The highest BCUT2D eigenvalue weighted by atomic mass is 19.4. The molecule has 0 spiro atoms. The standard InChI is InChI=1S/C21H22F3N3O2/c1-13-11-17(21(22,23)24)18-19(26-29-20(18)25-13)15-7-9-27(10-8-15)12-14-3-5-16(28-2)6-4-14/h3-6,11,15H,7-10,12H2,1-2H3. The number of likely N-dealkylation sites (tertiary alicyclic amines) is 1. The largest absolute Gasteiger partial charge is 0.497 e. The van der Waals surface area contributed by atoms with Gasteiger partial charge in [-0.3, -0.25) is 4.90 Å². The van der Waals surface area contributed by atoms with Gasteiger partial charge in [0.05, 0.1) is 23.8 Å². The first-order chi connectivity index (χ1) is 13.8. The minimum absolute atomic E-state index is 0.0108. The third kappa shape index (κ3) is 4.07. The number of hydrogen-bond donors (Lipinski definition) is 0. The molecule has 1 saturated heterocycles. The lowest BCUT2D eigenvalue weighted by atomic mass is 9.90. The van der Waals surface area contributed by atoms with Crippen molar-refractivity contribution in [1.29, 1.82) is 0 Å². The second-order valence-corrected chi connectivity index (χ2v) is 7.46. The summed E-state index contributed by atoms with van der Waals surface area (Å²) in [6.07, 6.45) is -3.02. The minimum Gasteiger partial charge on any atom is -0.497 e. The molecule has 1 aliphatic rings. The number of piperidine rings is 1. The summed E-state index contributed by atoms with van der Waals surface area (Å²) in [6, 6.07) is 8.98. The molecule has 0 amide bonds. The minimum atomic E-state index is -4.47. The highest BCUT2D eigenvalue weighted by Gasteiger charge is 2.37. The molecule has 8 heteroatoms. The third-order valence-electron chi connectivity index (χ3n) is 5.45. The van der Waals surface area contributed by atoms with E-state index in [4.69, 9.17) is 9.26 Å². The number of aromatic nitrogens is 2. The average molecular weight is 405 g/mol. The summed E-state index contributed by atoms with van der Waals surface area (Å²) < 4.78 is 51.1. The zero-order valence-electron chi connectivity index (χ0n) is 16.3. The number of aryl methyl sites for hydroxylation is 1. The lowest BCUT2D eigenvalue weighted by Crippen LogP contribution is -2.32. The van der Waals surface area contributed by atoms with Crippen LogP contribution < -0.4 is 4.74 Å². The molecule has 154 valence electrons. The second kappa shape index (κ2) is 7.67. The fraction of sp³-hybridized carbons (Fsp3) is 0.429. The quantitative estimate of drug-likeness (QED) is 0.616. The smallest absolute Gasteiger partial charge is 0.417 e. The molecule has 2 aromatic heterocycles. The van der Waals surface area contributed by atoms with Crippen molar-refractivity contribution >= 4 is 11.1 Å². The Hall–Kier alpha value is -2.61. The second-order valence-electron chi connectivity index (χ2n) is 7.46. The molecule has 4 rings (SSSR count). The number of alkyl halides is 3. The maximum Gasteiger partial charge on any atom is 0.417 e. The fourth-order valence-electron chi connectivity index (χ4n) is 3.95. The van der Waals surface area contributed by atoms with Gasteiger partial charge in [-0.15, -0.1) is 0 Å². The van der Waals surface area contributed by atoms with E-state index in [2.05, 4.69) is 15.0 Å². The van der Waals surface area contributed by atoms with E-state index in [1.165, 1.54) is 12.5 Å². The van der Waals surface area contributed by atoms with Crippen LogP contribution in [0.3, 0.4) is 0 Å². The molecular formula is C21H22F3N3O2. The van der Waals surface area contributed by atoms with E-state index in [-0.39, 0.29) is 22.7 Å². The van der Waals surface area contributed by atoms with Gasteiger partial charge >= 0.3 is 6.18 Å². The number of hydrogen-bond acceptors (Lipinski definition) is 5. The van der Waals surface area contributed by atoms with Crippen molar-refractivity contribution in [2.45, 2.75) is 38.4 Å². The number of halogens is 3. The Balaban J connectivity index is 1.50. The Labute approximate surface area is 166 Å². The summed E-state index contributed by atoms with van der Waals surface area (Å²) in [5, 5.41) is 4.00. The van der Waals surface area contributed by atoms with E-state index in [1.807, 2.05) is 24.3 Å². The van der Waals surface area contributed by atoms with Crippen LogP contribution >= 0.6 is 0 Å². The van der Waals surface area contributed by atoms with E-state index in [9.17, 15) is 13.2 Å². The van der Waals surface area contributed by atoms with Crippen LogP contribution in [0.1, 0.15) is 41.3 Å². The molecule has 0 radical (unpaired) electrons. The highest BCUT2D eigenvalue weighted by molar-refractivity contribution is 5.81. The van der Waals surface area contributed by atoms with Gasteiger partial charge in [0.2, 0.25) is 0 Å². The predicted octanol–water partition coefficient (Wildman–Crippen LogP) is 4.94. The molecule has 0 N–H and O–H groups in total. The van der Waals surface area contributed by atoms with Crippen LogP contribution in [0.2, 0.25) is 0 Å². The maximum atomic E-state index is 13.6. The average Bonchev–Trinajstić information content (AvgIpc) is 3.11. The van der Waals surface area contributed by atoms with Gasteiger partial charge < -0.3 is 9.26 Å². The predicted molar refractivity (Wildman–Crippen MR) is 102 cm³/mol. The summed E-state index contributed by atoms with van der Waals surface area (Å²) in [7, 11) is 1.63. The number of pyridine rings is 1. The molecule has 3 heterocycles. The van der Waals surface area contributed by atoms with Crippen molar-refractivity contribution in [3.05, 3.63) is 52.8 Å². The van der Waals surface area contributed by atoms with Gasteiger partial charge in [0.15, 0.2) is 0 Å². The van der Waals surface area contributed by atoms with Crippen LogP contribution in [-0.4, -0.2) is 35.2 Å². The first kappa shape index (κ1) is 19.7. The van der Waals surface area contributed by atoms with E-state index >= 15 is 0 Å². The SMILES string of the molecule is COc1ccc(CN2CCC(c3noc4nc(C)cc(C(F)(F)F)c34)CC2)cc1. The Morgan fingerprint density at radius 2 is 1.86 bits per heavy atom. The highest BCUT2D eigenvalue weighted by Crippen LogP contribution is 2.40. The van der Waals surface area contributed by atoms with Gasteiger partial charge in [-0.1, -0.05) is 17.3 Å². The summed E-state index contributed by atoms with van der Waals surface area (Å²) in [6.45, 7) is 3.89. The van der Waals surface area contributed by atoms with Gasteiger partial charge in [-0.05, 0) is 56.6 Å². The first-order valence-corrected chi connectivity index (χ1v) is 9.54. The van der Waals surface area contributed by atoms with Gasteiger partial charge in [-0.2, -0.15) is 13.2 Å².